The topological polar surface area (TPSA) is 57.7 Å². The fraction of sp³-hybridized carbons (Fsp3) is 0.222. The van der Waals surface area contributed by atoms with Crippen molar-refractivity contribution in [1.29, 1.82) is 0 Å². The maximum absolute atomic E-state index is 11.7. The van der Waals surface area contributed by atoms with E-state index < -0.39 is 5.97 Å². The molecule has 2 rings (SSSR count). The third-order valence-electron chi connectivity index (χ3n) is 3.23. The van der Waals surface area contributed by atoms with E-state index in [4.69, 9.17) is 14.2 Å². The second kappa shape index (κ2) is 7.98. The van der Waals surface area contributed by atoms with E-state index in [2.05, 4.69) is 4.98 Å². The van der Waals surface area contributed by atoms with Gasteiger partial charge in [0.1, 0.15) is 0 Å². The fourth-order valence-corrected chi connectivity index (χ4v) is 2.15. The molecule has 0 aliphatic carbocycles. The lowest BCUT2D eigenvalue weighted by Gasteiger charge is -2.13. The normalized spacial score (nSPS) is 11.0. The van der Waals surface area contributed by atoms with E-state index in [1.54, 1.807) is 19.5 Å². The molecule has 0 saturated carbocycles. The van der Waals surface area contributed by atoms with E-state index in [1.807, 2.05) is 37.3 Å². The summed E-state index contributed by atoms with van der Waals surface area (Å²) in [7, 11) is 2.94. The van der Waals surface area contributed by atoms with Crippen LogP contribution in [0.5, 0.6) is 11.5 Å². The van der Waals surface area contributed by atoms with Crippen molar-refractivity contribution in [2.45, 2.75) is 6.92 Å². The van der Waals surface area contributed by atoms with Crippen LogP contribution in [0.25, 0.3) is 5.57 Å². The number of aromatic nitrogens is 1. The maximum Gasteiger partial charge on any atom is 0.331 e. The smallest absolute Gasteiger partial charge is 0.331 e. The fourth-order valence-electron chi connectivity index (χ4n) is 2.15. The molecule has 1 aromatic carbocycles. The first-order chi connectivity index (χ1) is 11.2. The number of hydrogen-bond acceptors (Lipinski definition) is 5. The number of carbonyl (C=O) groups excluding carboxylic acids is 1. The Hall–Kier alpha value is -2.82. The van der Waals surface area contributed by atoms with Gasteiger partial charge in [0.25, 0.3) is 0 Å². The first-order valence-electron chi connectivity index (χ1n) is 7.20. The summed E-state index contributed by atoms with van der Waals surface area (Å²) in [6.07, 6.45) is 4.80. The Labute approximate surface area is 135 Å². The number of hydrogen-bond donors (Lipinski definition) is 0. The number of methoxy groups -OCH3 is 2. The molecule has 1 heterocycles. The van der Waals surface area contributed by atoms with Crippen LogP contribution in [0.15, 0.2) is 48.8 Å². The molecule has 0 N–H and O–H groups in total. The van der Waals surface area contributed by atoms with Crippen molar-refractivity contribution in [2.24, 2.45) is 0 Å². The van der Waals surface area contributed by atoms with Gasteiger partial charge in [0, 0.05) is 18.5 Å². The Morgan fingerprint density at radius 3 is 2.43 bits per heavy atom. The lowest BCUT2D eigenvalue weighted by atomic mass is 9.98. The van der Waals surface area contributed by atoms with Crippen LogP contribution in [0.4, 0.5) is 0 Å². The van der Waals surface area contributed by atoms with Gasteiger partial charge in [-0.1, -0.05) is 6.07 Å². The second-order valence-electron chi connectivity index (χ2n) is 4.62. The number of benzene rings is 1. The van der Waals surface area contributed by atoms with Gasteiger partial charge in [0.2, 0.25) is 0 Å². The highest BCUT2D eigenvalue weighted by atomic mass is 16.5. The van der Waals surface area contributed by atoms with Gasteiger partial charge >= 0.3 is 5.97 Å². The minimum Gasteiger partial charge on any atom is -0.493 e. The van der Waals surface area contributed by atoms with Crippen molar-refractivity contribution in [3.05, 3.63) is 59.9 Å². The first kappa shape index (κ1) is 16.5. The molecule has 5 heteroatoms. The third kappa shape index (κ3) is 4.10. The molecule has 0 unspecified atom stereocenters. The Kier molecular flexibility index (Phi) is 5.74. The largest absolute Gasteiger partial charge is 0.493 e. The van der Waals surface area contributed by atoms with E-state index >= 15 is 0 Å². The van der Waals surface area contributed by atoms with Gasteiger partial charge in [-0.25, -0.2) is 4.79 Å². The summed E-state index contributed by atoms with van der Waals surface area (Å²) in [5.74, 6) is 0.839. The predicted octanol–water partition coefficient (Wildman–Crippen LogP) is 3.09. The van der Waals surface area contributed by atoms with E-state index in [0.717, 1.165) is 16.7 Å². The summed E-state index contributed by atoms with van der Waals surface area (Å²) in [6, 6.07) is 9.19. The first-order valence-corrected chi connectivity index (χ1v) is 7.20. The Balaban J connectivity index is 2.54. The zero-order chi connectivity index (χ0) is 16.7. The van der Waals surface area contributed by atoms with Crippen molar-refractivity contribution in [3.8, 4) is 11.5 Å². The van der Waals surface area contributed by atoms with Gasteiger partial charge in [0.05, 0.1) is 20.8 Å². The minimum atomic E-state index is -0.425. The van der Waals surface area contributed by atoms with Crippen molar-refractivity contribution >= 4 is 11.5 Å². The average molecular weight is 313 g/mol. The van der Waals surface area contributed by atoms with Crippen LogP contribution in [-0.4, -0.2) is 31.8 Å². The molecular formula is C18H19NO4. The van der Waals surface area contributed by atoms with E-state index in [9.17, 15) is 4.79 Å². The third-order valence-corrected chi connectivity index (χ3v) is 3.23. The Bertz CT molecular complexity index is 695. The molecule has 0 atom stereocenters. The van der Waals surface area contributed by atoms with Crippen LogP contribution < -0.4 is 9.47 Å². The molecule has 0 amide bonds. The monoisotopic (exact) mass is 313 g/mol. The Morgan fingerprint density at radius 1 is 1.09 bits per heavy atom. The second-order valence-corrected chi connectivity index (χ2v) is 4.62. The van der Waals surface area contributed by atoms with Gasteiger partial charge in [-0.3, -0.25) is 4.98 Å². The van der Waals surface area contributed by atoms with Gasteiger partial charge in [-0.05, 0) is 47.9 Å². The highest BCUT2D eigenvalue weighted by Crippen LogP contribution is 2.33. The van der Waals surface area contributed by atoms with E-state index in [0.29, 0.717) is 18.1 Å². The lowest BCUT2D eigenvalue weighted by Crippen LogP contribution is -2.00. The van der Waals surface area contributed by atoms with Crippen molar-refractivity contribution in [2.75, 3.05) is 20.8 Å². The number of ether oxygens (including phenoxy) is 3. The number of nitrogens with zero attached hydrogens (tertiary/aromatic N) is 1. The molecule has 0 radical (unpaired) electrons. The van der Waals surface area contributed by atoms with Crippen LogP contribution >= 0.6 is 0 Å². The molecule has 0 aliphatic rings. The Morgan fingerprint density at radius 2 is 1.83 bits per heavy atom. The molecular weight excluding hydrogens is 294 g/mol. The van der Waals surface area contributed by atoms with Crippen molar-refractivity contribution < 1.29 is 19.0 Å². The summed E-state index contributed by atoms with van der Waals surface area (Å²) >= 11 is 0. The summed E-state index contributed by atoms with van der Waals surface area (Å²) in [5, 5.41) is 0. The molecule has 120 valence electrons. The minimum absolute atomic E-state index is 0.425. The van der Waals surface area contributed by atoms with Crippen LogP contribution in [-0.2, 0) is 9.53 Å². The molecule has 0 spiro atoms. The zero-order valence-electron chi connectivity index (χ0n) is 13.4. The van der Waals surface area contributed by atoms with Crippen LogP contribution in [0.3, 0.4) is 0 Å². The van der Waals surface area contributed by atoms with Crippen molar-refractivity contribution in [1.82, 2.24) is 4.98 Å². The highest BCUT2D eigenvalue weighted by Gasteiger charge is 2.12. The molecule has 5 nitrogen and oxygen atoms in total. The highest BCUT2D eigenvalue weighted by molar-refractivity contribution is 5.96. The SMILES string of the molecule is CCOc1cc(C(=CC(=O)OC)c2ccncc2)ccc1OC. The summed E-state index contributed by atoms with van der Waals surface area (Å²) in [5.41, 5.74) is 2.41. The van der Waals surface area contributed by atoms with Crippen molar-refractivity contribution in [3.63, 3.8) is 0 Å². The molecule has 0 saturated heterocycles. The number of carbonyl (C=O) groups is 1. The van der Waals surface area contributed by atoms with Gasteiger partial charge in [-0.15, -0.1) is 0 Å². The van der Waals surface area contributed by atoms with Gasteiger partial charge in [0.15, 0.2) is 11.5 Å². The van der Waals surface area contributed by atoms with Crippen LogP contribution in [0.1, 0.15) is 18.1 Å². The molecule has 0 bridgehead atoms. The van der Waals surface area contributed by atoms with Crippen LogP contribution in [0.2, 0.25) is 0 Å². The molecule has 23 heavy (non-hydrogen) atoms. The number of rotatable bonds is 6. The number of pyridine rings is 1. The molecule has 2 aromatic rings. The standard InChI is InChI=1S/C18H19NO4/c1-4-23-17-11-14(5-6-16(17)21-2)15(12-18(20)22-3)13-7-9-19-10-8-13/h5-12H,4H2,1-3H3. The van der Waals surface area contributed by atoms with Gasteiger partial charge < -0.3 is 14.2 Å². The zero-order valence-corrected chi connectivity index (χ0v) is 13.4. The predicted molar refractivity (Wildman–Crippen MR) is 87.5 cm³/mol. The van der Waals surface area contributed by atoms with Gasteiger partial charge in [-0.2, -0.15) is 0 Å². The maximum atomic E-state index is 11.7. The number of esters is 1. The average Bonchev–Trinajstić information content (AvgIpc) is 2.60. The molecule has 0 aliphatic heterocycles. The quantitative estimate of drug-likeness (QED) is 0.606. The lowest BCUT2D eigenvalue weighted by molar-refractivity contribution is -0.134. The molecule has 0 fully saturated rings. The van der Waals surface area contributed by atoms with E-state index in [1.165, 1.54) is 13.2 Å². The summed E-state index contributed by atoms with van der Waals surface area (Å²) in [4.78, 5) is 15.7. The molecule has 1 aromatic heterocycles. The van der Waals surface area contributed by atoms with Crippen LogP contribution in [0, 0.1) is 0 Å². The summed E-state index contributed by atoms with van der Waals surface area (Å²) < 4.78 is 15.7. The summed E-state index contributed by atoms with van der Waals surface area (Å²) in [6.45, 7) is 2.42. The van der Waals surface area contributed by atoms with E-state index in [-0.39, 0.29) is 0 Å².